The lowest BCUT2D eigenvalue weighted by molar-refractivity contribution is -0.479. The topological polar surface area (TPSA) is 20.5 Å². The summed E-state index contributed by atoms with van der Waals surface area (Å²) in [7, 11) is 0. The van der Waals surface area contributed by atoms with Crippen molar-refractivity contribution in [1.29, 1.82) is 0 Å². The van der Waals surface area contributed by atoms with Gasteiger partial charge in [-0.15, -0.1) is 0 Å². The van der Waals surface area contributed by atoms with Crippen LogP contribution in [0.15, 0.2) is 72.9 Å². The largest absolute Gasteiger partial charge is 0.385 e. The summed E-state index contributed by atoms with van der Waals surface area (Å²) >= 11 is 0. The van der Waals surface area contributed by atoms with Crippen LogP contribution in [0, 0.1) is 0 Å². The SMILES string of the molecule is CCCCCCNc1ccc2c(ccc3n4c(ccc5ccccc54)c[n+]23)c1. The maximum Gasteiger partial charge on any atom is 0.292 e. The molecule has 0 aliphatic carbocycles. The third kappa shape index (κ3) is 2.88. The Labute approximate surface area is 165 Å². The predicted octanol–water partition coefficient (Wildman–Crippen LogP) is 5.98. The molecule has 0 radical (unpaired) electrons. The van der Waals surface area contributed by atoms with Gasteiger partial charge in [-0.05, 0) is 48.9 Å². The van der Waals surface area contributed by atoms with Crippen molar-refractivity contribution in [2.75, 3.05) is 11.9 Å². The molecule has 0 atom stereocenters. The molecule has 0 aliphatic rings. The highest BCUT2D eigenvalue weighted by atomic mass is 15.1. The van der Waals surface area contributed by atoms with E-state index < -0.39 is 0 Å². The molecule has 0 saturated carbocycles. The number of hydrogen-bond donors (Lipinski definition) is 1. The minimum absolute atomic E-state index is 1.04. The minimum Gasteiger partial charge on any atom is -0.385 e. The maximum absolute atomic E-state index is 3.58. The molecule has 0 spiro atoms. The zero-order valence-electron chi connectivity index (χ0n) is 16.4. The van der Waals surface area contributed by atoms with Gasteiger partial charge in [-0.25, -0.2) is 0 Å². The number of imidazole rings is 1. The van der Waals surface area contributed by atoms with E-state index in [9.17, 15) is 0 Å². The second kappa shape index (κ2) is 7.16. The van der Waals surface area contributed by atoms with Crippen molar-refractivity contribution >= 4 is 38.7 Å². The number of hydrogen-bond acceptors (Lipinski definition) is 1. The number of aromatic nitrogens is 2. The summed E-state index contributed by atoms with van der Waals surface area (Å²) in [5.74, 6) is 0. The van der Waals surface area contributed by atoms with E-state index in [0.717, 1.165) is 6.54 Å². The fraction of sp³-hybridized carbons (Fsp3) is 0.240. The van der Waals surface area contributed by atoms with Gasteiger partial charge in [0, 0.05) is 29.1 Å². The number of para-hydroxylation sites is 1. The van der Waals surface area contributed by atoms with Crippen molar-refractivity contribution in [2.24, 2.45) is 0 Å². The van der Waals surface area contributed by atoms with Gasteiger partial charge < -0.3 is 5.32 Å². The van der Waals surface area contributed by atoms with Crippen molar-refractivity contribution in [3.8, 4) is 0 Å². The van der Waals surface area contributed by atoms with E-state index in [1.54, 1.807) is 0 Å². The smallest absolute Gasteiger partial charge is 0.292 e. The summed E-state index contributed by atoms with van der Waals surface area (Å²) < 4.78 is 4.65. The monoisotopic (exact) mass is 368 g/mol. The van der Waals surface area contributed by atoms with Gasteiger partial charge in [-0.1, -0.05) is 44.4 Å². The molecule has 0 amide bonds. The first-order valence-electron chi connectivity index (χ1n) is 10.4. The zero-order valence-corrected chi connectivity index (χ0v) is 16.4. The van der Waals surface area contributed by atoms with E-state index in [-0.39, 0.29) is 0 Å². The van der Waals surface area contributed by atoms with Crippen LogP contribution in [0.3, 0.4) is 0 Å². The van der Waals surface area contributed by atoms with Gasteiger partial charge in [0.25, 0.3) is 5.65 Å². The molecule has 5 aromatic rings. The lowest BCUT2D eigenvalue weighted by Gasteiger charge is -2.07. The van der Waals surface area contributed by atoms with Crippen molar-refractivity contribution < 1.29 is 4.40 Å². The Hall–Kier alpha value is -3.07. The minimum atomic E-state index is 1.04. The Balaban J connectivity index is 1.57. The normalized spacial score (nSPS) is 11.8. The highest BCUT2D eigenvalue weighted by Crippen LogP contribution is 2.22. The van der Waals surface area contributed by atoms with Crippen molar-refractivity contribution in [2.45, 2.75) is 32.6 Å². The number of benzene rings is 2. The van der Waals surface area contributed by atoms with Gasteiger partial charge in [0.05, 0.1) is 0 Å². The molecule has 3 heteroatoms. The summed E-state index contributed by atoms with van der Waals surface area (Å²) in [6.07, 6.45) is 7.38. The van der Waals surface area contributed by atoms with Crippen LogP contribution in [0.25, 0.3) is 33.0 Å². The molecular weight excluding hydrogens is 342 g/mol. The molecule has 0 saturated heterocycles. The molecular formula is C25H26N3+. The third-order valence-corrected chi connectivity index (χ3v) is 5.67. The fourth-order valence-electron chi connectivity index (χ4n) is 4.20. The summed E-state index contributed by atoms with van der Waals surface area (Å²) in [5.41, 5.74) is 6.09. The van der Waals surface area contributed by atoms with Crippen molar-refractivity contribution in [3.05, 3.63) is 72.9 Å². The Morgan fingerprint density at radius 3 is 2.68 bits per heavy atom. The Morgan fingerprint density at radius 1 is 0.857 bits per heavy atom. The molecule has 3 nitrogen and oxygen atoms in total. The molecule has 0 fully saturated rings. The molecule has 0 bridgehead atoms. The van der Waals surface area contributed by atoms with Gasteiger partial charge in [-0.2, -0.15) is 8.80 Å². The standard InChI is InChI=1S/C25H26N3/c1-2-3-4-7-16-26-21-12-14-23-20(17-21)11-15-25-27(23)18-22-13-10-19-8-5-6-9-24(19)28(22)25/h5-6,8-15,17-18,26H,2-4,7,16H2,1H3/q+1. The van der Waals surface area contributed by atoms with Crippen LogP contribution in [0.4, 0.5) is 5.69 Å². The molecule has 0 unspecified atom stereocenters. The van der Waals surface area contributed by atoms with E-state index in [4.69, 9.17) is 0 Å². The summed E-state index contributed by atoms with van der Waals surface area (Å²) in [6.45, 7) is 3.30. The molecule has 1 N–H and O–H groups in total. The number of nitrogens with zero attached hydrogens (tertiary/aromatic N) is 2. The second-order valence-corrected chi connectivity index (χ2v) is 7.60. The average molecular weight is 369 g/mol. The number of fused-ring (bicyclic) bond motifs is 7. The molecule has 140 valence electrons. The first kappa shape index (κ1) is 17.1. The quantitative estimate of drug-likeness (QED) is 0.289. The molecule has 28 heavy (non-hydrogen) atoms. The first-order chi connectivity index (χ1) is 13.8. The van der Waals surface area contributed by atoms with E-state index in [1.165, 1.54) is 64.3 Å². The average Bonchev–Trinajstić information content (AvgIpc) is 3.13. The molecule has 5 rings (SSSR count). The van der Waals surface area contributed by atoms with E-state index >= 15 is 0 Å². The zero-order chi connectivity index (χ0) is 18.9. The number of rotatable bonds is 6. The first-order valence-corrected chi connectivity index (χ1v) is 10.4. The van der Waals surface area contributed by atoms with E-state index in [2.05, 4.69) is 94.0 Å². The number of pyridine rings is 2. The fourth-order valence-corrected chi connectivity index (χ4v) is 4.20. The van der Waals surface area contributed by atoms with Gasteiger partial charge in [0.15, 0.2) is 5.52 Å². The highest BCUT2D eigenvalue weighted by molar-refractivity contribution is 5.86. The van der Waals surface area contributed by atoms with Crippen molar-refractivity contribution in [1.82, 2.24) is 4.40 Å². The molecule has 3 heterocycles. The summed E-state index contributed by atoms with van der Waals surface area (Å²) in [6, 6.07) is 24.1. The van der Waals surface area contributed by atoms with Gasteiger partial charge in [0.1, 0.15) is 17.2 Å². The maximum atomic E-state index is 3.58. The van der Waals surface area contributed by atoms with Crippen LogP contribution < -0.4 is 9.72 Å². The Bertz CT molecular complexity index is 1280. The van der Waals surface area contributed by atoms with Crippen molar-refractivity contribution in [3.63, 3.8) is 0 Å². The number of nitrogens with one attached hydrogen (secondary N) is 1. The Morgan fingerprint density at radius 2 is 1.75 bits per heavy atom. The third-order valence-electron chi connectivity index (χ3n) is 5.67. The summed E-state index contributed by atoms with van der Waals surface area (Å²) in [4.78, 5) is 0. The van der Waals surface area contributed by atoms with Crippen LogP contribution in [0.5, 0.6) is 0 Å². The van der Waals surface area contributed by atoms with Crippen LogP contribution in [0.1, 0.15) is 32.6 Å². The predicted molar refractivity (Wildman–Crippen MR) is 118 cm³/mol. The van der Waals surface area contributed by atoms with Crippen LogP contribution in [-0.4, -0.2) is 10.9 Å². The lowest BCUT2D eigenvalue weighted by atomic mass is 10.1. The van der Waals surface area contributed by atoms with Gasteiger partial charge in [0.2, 0.25) is 0 Å². The molecule has 0 aliphatic heterocycles. The van der Waals surface area contributed by atoms with Gasteiger partial charge >= 0.3 is 0 Å². The molecule has 2 aromatic carbocycles. The second-order valence-electron chi connectivity index (χ2n) is 7.60. The molecule has 3 aromatic heterocycles. The Kier molecular flexibility index (Phi) is 4.36. The number of anilines is 1. The van der Waals surface area contributed by atoms with E-state index in [1.807, 2.05) is 0 Å². The lowest BCUT2D eigenvalue weighted by Crippen LogP contribution is -2.19. The van der Waals surface area contributed by atoms with Crippen LogP contribution >= 0.6 is 0 Å². The van der Waals surface area contributed by atoms with Crippen LogP contribution in [-0.2, 0) is 0 Å². The number of unbranched alkanes of at least 4 members (excludes halogenated alkanes) is 3. The van der Waals surface area contributed by atoms with Gasteiger partial charge in [-0.3, -0.25) is 0 Å². The highest BCUT2D eigenvalue weighted by Gasteiger charge is 2.16. The summed E-state index contributed by atoms with van der Waals surface area (Å²) in [5, 5.41) is 6.10. The van der Waals surface area contributed by atoms with Crippen LogP contribution in [0.2, 0.25) is 0 Å². The van der Waals surface area contributed by atoms with E-state index in [0.29, 0.717) is 0 Å².